The highest BCUT2D eigenvalue weighted by molar-refractivity contribution is 5.92. The standard InChI is InChI=1S/C16H14O5/c1-19-13-7-3-12(4-8-13)16(18)21-14-9-5-11(6-10-14)15(17)20-2/h3-10H,1-2H3. The van der Waals surface area contributed by atoms with Crippen LogP contribution < -0.4 is 9.47 Å². The van der Waals surface area contributed by atoms with Gasteiger partial charge in [-0.1, -0.05) is 0 Å². The van der Waals surface area contributed by atoms with Gasteiger partial charge in [-0.05, 0) is 48.5 Å². The molecule has 0 aromatic heterocycles. The molecule has 0 saturated heterocycles. The molecule has 0 N–H and O–H groups in total. The second-order valence-electron chi connectivity index (χ2n) is 4.13. The van der Waals surface area contributed by atoms with E-state index in [1.807, 2.05) is 0 Å². The average Bonchev–Trinajstić information content (AvgIpc) is 2.55. The average molecular weight is 286 g/mol. The molecular formula is C16H14O5. The molecule has 0 amide bonds. The maximum absolute atomic E-state index is 11.9. The van der Waals surface area contributed by atoms with Crippen molar-refractivity contribution in [1.82, 2.24) is 0 Å². The van der Waals surface area contributed by atoms with E-state index >= 15 is 0 Å². The predicted octanol–water partition coefficient (Wildman–Crippen LogP) is 2.70. The number of hydrogen-bond donors (Lipinski definition) is 0. The molecule has 0 unspecified atom stereocenters. The van der Waals surface area contributed by atoms with E-state index in [4.69, 9.17) is 9.47 Å². The molecule has 0 aliphatic carbocycles. The van der Waals surface area contributed by atoms with Crippen LogP contribution in [0.3, 0.4) is 0 Å². The maximum Gasteiger partial charge on any atom is 0.343 e. The minimum Gasteiger partial charge on any atom is -0.497 e. The second-order valence-corrected chi connectivity index (χ2v) is 4.13. The lowest BCUT2D eigenvalue weighted by molar-refractivity contribution is 0.0600. The molecule has 5 nitrogen and oxygen atoms in total. The Labute approximate surface area is 122 Å². The van der Waals surface area contributed by atoms with Crippen molar-refractivity contribution in [3.8, 4) is 11.5 Å². The van der Waals surface area contributed by atoms with Gasteiger partial charge in [-0.2, -0.15) is 0 Å². The van der Waals surface area contributed by atoms with E-state index in [1.54, 1.807) is 31.4 Å². The number of carbonyl (C=O) groups is 2. The molecule has 108 valence electrons. The summed E-state index contributed by atoms with van der Waals surface area (Å²) in [6, 6.07) is 12.7. The Bertz CT molecular complexity index is 629. The fourth-order valence-electron chi connectivity index (χ4n) is 1.67. The van der Waals surface area contributed by atoms with Crippen LogP contribution in [0.1, 0.15) is 20.7 Å². The summed E-state index contributed by atoms with van der Waals surface area (Å²) in [5.41, 5.74) is 0.801. The van der Waals surface area contributed by atoms with E-state index in [9.17, 15) is 9.59 Å². The number of benzene rings is 2. The van der Waals surface area contributed by atoms with Gasteiger partial charge < -0.3 is 14.2 Å². The van der Waals surface area contributed by atoms with Gasteiger partial charge in [0.05, 0.1) is 25.3 Å². The Morgan fingerprint density at radius 3 is 1.67 bits per heavy atom. The zero-order valence-corrected chi connectivity index (χ0v) is 11.7. The molecule has 0 aliphatic rings. The molecule has 0 heterocycles. The van der Waals surface area contributed by atoms with Crippen molar-refractivity contribution in [2.24, 2.45) is 0 Å². The number of esters is 2. The van der Waals surface area contributed by atoms with Gasteiger partial charge in [0, 0.05) is 0 Å². The summed E-state index contributed by atoms with van der Waals surface area (Å²) in [4.78, 5) is 23.2. The van der Waals surface area contributed by atoms with E-state index in [-0.39, 0.29) is 0 Å². The van der Waals surface area contributed by atoms with Gasteiger partial charge in [-0.3, -0.25) is 0 Å². The van der Waals surface area contributed by atoms with Crippen LogP contribution in [0.15, 0.2) is 48.5 Å². The van der Waals surface area contributed by atoms with Gasteiger partial charge in [0.25, 0.3) is 0 Å². The molecule has 0 aliphatic heterocycles. The van der Waals surface area contributed by atoms with Crippen LogP contribution in [0.2, 0.25) is 0 Å². The summed E-state index contributed by atoms with van der Waals surface area (Å²) in [5.74, 6) is 0.0870. The number of rotatable bonds is 4. The molecule has 0 radical (unpaired) electrons. The molecule has 0 bridgehead atoms. The van der Waals surface area contributed by atoms with Gasteiger partial charge in [-0.25, -0.2) is 9.59 Å². The van der Waals surface area contributed by atoms with E-state index in [0.717, 1.165) is 0 Å². The monoisotopic (exact) mass is 286 g/mol. The minimum atomic E-state index is -0.483. The highest BCUT2D eigenvalue weighted by Gasteiger charge is 2.10. The number of carbonyl (C=O) groups excluding carboxylic acids is 2. The Kier molecular flexibility index (Phi) is 4.56. The largest absolute Gasteiger partial charge is 0.497 e. The van der Waals surface area contributed by atoms with Crippen molar-refractivity contribution in [1.29, 1.82) is 0 Å². The van der Waals surface area contributed by atoms with Crippen LogP contribution in [0, 0.1) is 0 Å². The summed E-state index contributed by atoms with van der Waals surface area (Å²) >= 11 is 0. The molecule has 2 rings (SSSR count). The van der Waals surface area contributed by atoms with Crippen LogP contribution in [0.4, 0.5) is 0 Å². The van der Waals surface area contributed by atoms with Crippen LogP contribution >= 0.6 is 0 Å². The zero-order chi connectivity index (χ0) is 15.2. The van der Waals surface area contributed by atoms with Crippen LogP contribution in [-0.2, 0) is 4.74 Å². The first-order chi connectivity index (χ1) is 10.1. The van der Waals surface area contributed by atoms with Gasteiger partial charge >= 0.3 is 11.9 Å². The molecule has 2 aromatic rings. The van der Waals surface area contributed by atoms with Crippen LogP contribution in [0.5, 0.6) is 11.5 Å². The van der Waals surface area contributed by atoms with Crippen molar-refractivity contribution >= 4 is 11.9 Å². The van der Waals surface area contributed by atoms with Crippen LogP contribution in [0.25, 0.3) is 0 Å². The van der Waals surface area contributed by atoms with E-state index in [1.165, 1.54) is 31.4 Å². The summed E-state index contributed by atoms with van der Waals surface area (Å²) in [5, 5.41) is 0. The zero-order valence-electron chi connectivity index (χ0n) is 11.7. The summed E-state index contributed by atoms with van der Waals surface area (Å²) in [6.45, 7) is 0. The fraction of sp³-hybridized carbons (Fsp3) is 0.125. The number of methoxy groups -OCH3 is 2. The Morgan fingerprint density at radius 2 is 1.19 bits per heavy atom. The third kappa shape index (κ3) is 3.60. The summed E-state index contributed by atoms with van der Waals surface area (Å²) in [7, 11) is 2.86. The van der Waals surface area contributed by atoms with Gasteiger partial charge in [0.2, 0.25) is 0 Å². The normalized spacial score (nSPS) is 9.81. The predicted molar refractivity (Wildman–Crippen MR) is 75.7 cm³/mol. The first-order valence-electron chi connectivity index (χ1n) is 6.18. The Hall–Kier alpha value is -2.82. The topological polar surface area (TPSA) is 61.8 Å². The van der Waals surface area contributed by atoms with Crippen molar-refractivity contribution in [2.45, 2.75) is 0 Å². The molecule has 0 saturated carbocycles. The quantitative estimate of drug-likeness (QED) is 0.639. The Balaban J connectivity index is 2.06. The van der Waals surface area contributed by atoms with E-state index in [0.29, 0.717) is 22.6 Å². The Morgan fingerprint density at radius 1 is 0.714 bits per heavy atom. The number of hydrogen-bond acceptors (Lipinski definition) is 5. The molecule has 0 atom stereocenters. The molecule has 21 heavy (non-hydrogen) atoms. The lowest BCUT2D eigenvalue weighted by Gasteiger charge is -2.06. The van der Waals surface area contributed by atoms with Crippen LogP contribution in [-0.4, -0.2) is 26.2 Å². The van der Waals surface area contributed by atoms with E-state index in [2.05, 4.69) is 4.74 Å². The minimum absolute atomic E-state index is 0.350. The smallest absolute Gasteiger partial charge is 0.343 e. The van der Waals surface area contributed by atoms with Gasteiger partial charge in [0.15, 0.2) is 0 Å². The highest BCUT2D eigenvalue weighted by Crippen LogP contribution is 2.16. The fourth-order valence-corrected chi connectivity index (χ4v) is 1.67. The lowest BCUT2D eigenvalue weighted by atomic mass is 10.2. The molecular weight excluding hydrogens is 272 g/mol. The summed E-state index contributed by atoms with van der Waals surface area (Å²) < 4.78 is 14.8. The first-order valence-corrected chi connectivity index (χ1v) is 6.18. The molecule has 5 heteroatoms. The van der Waals surface area contributed by atoms with Crippen molar-refractivity contribution in [3.05, 3.63) is 59.7 Å². The third-order valence-corrected chi connectivity index (χ3v) is 2.81. The lowest BCUT2D eigenvalue weighted by Crippen LogP contribution is -2.08. The second kappa shape index (κ2) is 6.56. The molecule has 0 fully saturated rings. The van der Waals surface area contributed by atoms with E-state index < -0.39 is 11.9 Å². The SMILES string of the molecule is COC(=O)c1ccc(OC(=O)c2ccc(OC)cc2)cc1. The summed E-state index contributed by atoms with van der Waals surface area (Å²) in [6.07, 6.45) is 0. The van der Waals surface area contributed by atoms with Gasteiger partial charge in [0.1, 0.15) is 11.5 Å². The first kappa shape index (κ1) is 14.6. The molecule has 0 spiro atoms. The van der Waals surface area contributed by atoms with Gasteiger partial charge in [-0.15, -0.1) is 0 Å². The van der Waals surface area contributed by atoms with Crippen molar-refractivity contribution < 1.29 is 23.8 Å². The van der Waals surface area contributed by atoms with Crippen molar-refractivity contribution in [3.63, 3.8) is 0 Å². The maximum atomic E-state index is 11.9. The number of ether oxygens (including phenoxy) is 3. The highest BCUT2D eigenvalue weighted by atomic mass is 16.5. The van der Waals surface area contributed by atoms with Crippen molar-refractivity contribution in [2.75, 3.05) is 14.2 Å². The third-order valence-electron chi connectivity index (χ3n) is 2.81. The molecule has 2 aromatic carbocycles.